The second-order valence-corrected chi connectivity index (χ2v) is 5.28. The van der Waals surface area contributed by atoms with Gasteiger partial charge in [0, 0.05) is 12.1 Å². The summed E-state index contributed by atoms with van der Waals surface area (Å²) in [5, 5.41) is 10.9. The molecule has 0 saturated carbocycles. The van der Waals surface area contributed by atoms with Gasteiger partial charge in [-0.3, -0.25) is 19.7 Å². The third kappa shape index (κ3) is 3.42. The summed E-state index contributed by atoms with van der Waals surface area (Å²) in [4.78, 5) is 35.1. The standard InChI is InChI=1S/C17H14N2O6/c20-10-12-3-1-2-4-15(12)24-8-7-18-11-25-16-6-5-13(19(22)23)9-14(16)17(18)21/h1-6,9-10H,7-8,11H2. The fraction of sp³-hybridized carbons (Fsp3) is 0.176. The molecule has 0 bridgehead atoms. The van der Waals surface area contributed by atoms with Gasteiger partial charge in [0.05, 0.1) is 22.6 Å². The number of ether oxygens (including phenoxy) is 2. The van der Waals surface area contributed by atoms with Gasteiger partial charge in [-0.1, -0.05) is 12.1 Å². The highest BCUT2D eigenvalue weighted by Crippen LogP contribution is 2.28. The zero-order valence-electron chi connectivity index (χ0n) is 13.1. The second-order valence-electron chi connectivity index (χ2n) is 5.28. The van der Waals surface area contributed by atoms with Crippen LogP contribution in [0.4, 0.5) is 5.69 Å². The molecule has 0 aromatic heterocycles. The number of hydrogen-bond donors (Lipinski definition) is 0. The van der Waals surface area contributed by atoms with Crippen molar-refractivity contribution >= 4 is 17.9 Å². The summed E-state index contributed by atoms with van der Waals surface area (Å²) in [6, 6.07) is 10.7. The van der Waals surface area contributed by atoms with Crippen molar-refractivity contribution in [2.75, 3.05) is 19.9 Å². The van der Waals surface area contributed by atoms with E-state index in [4.69, 9.17) is 9.47 Å². The molecule has 2 aromatic carbocycles. The number of carbonyl (C=O) groups excluding carboxylic acids is 2. The van der Waals surface area contributed by atoms with Gasteiger partial charge in [-0.2, -0.15) is 0 Å². The average molecular weight is 342 g/mol. The summed E-state index contributed by atoms with van der Waals surface area (Å²) < 4.78 is 11.0. The third-order valence-electron chi connectivity index (χ3n) is 3.73. The largest absolute Gasteiger partial charge is 0.491 e. The van der Waals surface area contributed by atoms with E-state index in [1.807, 2.05) is 0 Å². The van der Waals surface area contributed by atoms with Gasteiger partial charge in [0.2, 0.25) is 0 Å². The Morgan fingerprint density at radius 2 is 2.08 bits per heavy atom. The summed E-state index contributed by atoms with van der Waals surface area (Å²) >= 11 is 0. The van der Waals surface area contributed by atoms with Crippen molar-refractivity contribution in [1.82, 2.24) is 4.90 Å². The van der Waals surface area contributed by atoms with Gasteiger partial charge in [0.25, 0.3) is 11.6 Å². The van der Waals surface area contributed by atoms with E-state index >= 15 is 0 Å². The number of nitro groups is 1. The Hall–Kier alpha value is -3.42. The molecule has 1 aliphatic rings. The summed E-state index contributed by atoms with van der Waals surface area (Å²) in [7, 11) is 0. The molecule has 2 aromatic rings. The van der Waals surface area contributed by atoms with E-state index in [0.717, 1.165) is 0 Å². The van der Waals surface area contributed by atoms with Gasteiger partial charge in [-0.05, 0) is 18.2 Å². The monoisotopic (exact) mass is 342 g/mol. The molecule has 0 spiro atoms. The molecular formula is C17H14N2O6. The van der Waals surface area contributed by atoms with Crippen molar-refractivity contribution in [3.63, 3.8) is 0 Å². The number of rotatable bonds is 6. The van der Waals surface area contributed by atoms with Crippen molar-refractivity contribution in [2.45, 2.75) is 0 Å². The fourth-order valence-electron chi connectivity index (χ4n) is 2.44. The minimum Gasteiger partial charge on any atom is -0.491 e. The molecule has 0 radical (unpaired) electrons. The van der Waals surface area contributed by atoms with Gasteiger partial charge in [0.1, 0.15) is 18.1 Å². The van der Waals surface area contributed by atoms with Gasteiger partial charge >= 0.3 is 0 Å². The van der Waals surface area contributed by atoms with Crippen LogP contribution in [0.25, 0.3) is 0 Å². The number of hydrogen-bond acceptors (Lipinski definition) is 6. The topological polar surface area (TPSA) is 99.0 Å². The molecule has 1 amide bonds. The number of benzene rings is 2. The molecule has 25 heavy (non-hydrogen) atoms. The van der Waals surface area contributed by atoms with Crippen molar-refractivity contribution in [2.24, 2.45) is 0 Å². The Balaban J connectivity index is 1.67. The number of non-ortho nitro benzene ring substituents is 1. The fourth-order valence-corrected chi connectivity index (χ4v) is 2.44. The lowest BCUT2D eigenvalue weighted by Gasteiger charge is -2.28. The van der Waals surface area contributed by atoms with Crippen molar-refractivity contribution in [3.8, 4) is 11.5 Å². The Labute approximate surface area is 142 Å². The molecule has 0 N–H and O–H groups in total. The lowest BCUT2D eigenvalue weighted by molar-refractivity contribution is -0.384. The van der Waals surface area contributed by atoms with Crippen LogP contribution in [0.2, 0.25) is 0 Å². The Bertz CT molecular complexity index is 836. The van der Waals surface area contributed by atoms with Gasteiger partial charge < -0.3 is 14.4 Å². The normalized spacial score (nSPS) is 13.0. The van der Waals surface area contributed by atoms with E-state index in [1.165, 1.54) is 23.1 Å². The van der Waals surface area contributed by atoms with Crippen LogP contribution in [-0.4, -0.2) is 41.9 Å². The van der Waals surface area contributed by atoms with Crippen LogP contribution >= 0.6 is 0 Å². The van der Waals surface area contributed by atoms with E-state index < -0.39 is 4.92 Å². The molecule has 8 heteroatoms. The molecule has 1 aliphatic heterocycles. The minimum atomic E-state index is -0.564. The highest BCUT2D eigenvalue weighted by Gasteiger charge is 2.27. The molecule has 8 nitrogen and oxygen atoms in total. The maximum atomic E-state index is 12.5. The predicted molar refractivity (Wildman–Crippen MR) is 87.0 cm³/mol. The van der Waals surface area contributed by atoms with Crippen molar-refractivity contribution in [3.05, 3.63) is 63.7 Å². The predicted octanol–water partition coefficient (Wildman–Crippen LogP) is 2.28. The van der Waals surface area contributed by atoms with E-state index in [0.29, 0.717) is 23.3 Å². The quantitative estimate of drug-likeness (QED) is 0.454. The van der Waals surface area contributed by atoms with E-state index in [1.54, 1.807) is 24.3 Å². The van der Waals surface area contributed by atoms with Crippen LogP contribution in [0, 0.1) is 10.1 Å². The molecule has 0 unspecified atom stereocenters. The van der Waals surface area contributed by atoms with Gasteiger partial charge in [-0.15, -0.1) is 0 Å². The van der Waals surface area contributed by atoms with Crippen LogP contribution < -0.4 is 9.47 Å². The number of nitrogens with zero attached hydrogens (tertiary/aromatic N) is 2. The smallest absolute Gasteiger partial charge is 0.270 e. The van der Waals surface area contributed by atoms with Crippen molar-refractivity contribution in [1.29, 1.82) is 0 Å². The summed E-state index contributed by atoms with van der Waals surface area (Å²) in [5.41, 5.74) is 0.396. The number of para-hydroxylation sites is 1. The molecule has 0 fully saturated rings. The van der Waals surface area contributed by atoms with Crippen LogP contribution in [0.3, 0.4) is 0 Å². The third-order valence-corrected chi connectivity index (χ3v) is 3.73. The maximum absolute atomic E-state index is 12.5. The molecule has 3 rings (SSSR count). The van der Waals surface area contributed by atoms with Gasteiger partial charge in [0.15, 0.2) is 13.0 Å². The summed E-state index contributed by atoms with van der Waals surface area (Å²) in [5.74, 6) is 0.384. The number of carbonyl (C=O) groups is 2. The average Bonchev–Trinajstić information content (AvgIpc) is 2.63. The lowest BCUT2D eigenvalue weighted by atomic mass is 10.1. The maximum Gasteiger partial charge on any atom is 0.270 e. The first-order chi connectivity index (χ1) is 12.1. The Morgan fingerprint density at radius 3 is 2.84 bits per heavy atom. The zero-order chi connectivity index (χ0) is 17.8. The van der Waals surface area contributed by atoms with Crippen LogP contribution in [0.15, 0.2) is 42.5 Å². The molecule has 128 valence electrons. The molecular weight excluding hydrogens is 328 g/mol. The van der Waals surface area contributed by atoms with Crippen LogP contribution in [-0.2, 0) is 0 Å². The van der Waals surface area contributed by atoms with Crippen LogP contribution in [0.1, 0.15) is 20.7 Å². The number of fused-ring (bicyclic) bond motifs is 1. The highest BCUT2D eigenvalue weighted by atomic mass is 16.6. The summed E-state index contributed by atoms with van der Waals surface area (Å²) in [6.45, 7) is 0.403. The van der Waals surface area contributed by atoms with E-state index in [-0.39, 0.29) is 37.0 Å². The lowest BCUT2D eigenvalue weighted by Crippen LogP contribution is -2.41. The first kappa shape index (κ1) is 16.4. The van der Waals surface area contributed by atoms with Crippen LogP contribution in [0.5, 0.6) is 11.5 Å². The van der Waals surface area contributed by atoms with E-state index in [2.05, 4.69) is 0 Å². The minimum absolute atomic E-state index is 0.0301. The second kappa shape index (κ2) is 7.00. The molecule has 0 saturated heterocycles. The first-order valence-corrected chi connectivity index (χ1v) is 7.47. The molecule has 0 aliphatic carbocycles. The SMILES string of the molecule is O=Cc1ccccc1OCCN1COc2ccc([N+](=O)[O-])cc2C1=O. The van der Waals surface area contributed by atoms with Gasteiger partial charge in [-0.25, -0.2) is 0 Å². The number of aldehydes is 1. The first-order valence-electron chi connectivity index (χ1n) is 7.47. The number of nitro benzene ring substituents is 1. The van der Waals surface area contributed by atoms with Crippen molar-refractivity contribution < 1.29 is 24.0 Å². The Morgan fingerprint density at radius 1 is 1.28 bits per heavy atom. The molecule has 0 atom stereocenters. The highest BCUT2D eigenvalue weighted by molar-refractivity contribution is 5.98. The Kier molecular flexibility index (Phi) is 4.60. The molecule has 1 heterocycles. The number of amides is 1. The zero-order valence-corrected chi connectivity index (χ0v) is 13.1. The summed E-state index contributed by atoms with van der Waals surface area (Å²) in [6.07, 6.45) is 0.694. The van der Waals surface area contributed by atoms with E-state index in [9.17, 15) is 19.7 Å².